The van der Waals surface area contributed by atoms with Crippen molar-refractivity contribution >= 4 is 15.9 Å². The van der Waals surface area contributed by atoms with E-state index in [0.29, 0.717) is 12.0 Å². The summed E-state index contributed by atoms with van der Waals surface area (Å²) in [5.41, 5.74) is 0.996. The molecule has 3 heteroatoms. The molecule has 0 aromatic heterocycles. The van der Waals surface area contributed by atoms with Crippen LogP contribution in [0, 0.1) is 17.7 Å². The molecule has 1 fully saturated rings. The molecule has 0 radical (unpaired) electrons. The Morgan fingerprint density at radius 1 is 1.41 bits per heavy atom. The average molecular weight is 296 g/mol. The summed E-state index contributed by atoms with van der Waals surface area (Å²) < 4.78 is 14.1. The molecule has 0 spiro atoms. The van der Waals surface area contributed by atoms with Crippen molar-refractivity contribution in [3.63, 3.8) is 0 Å². The zero-order valence-corrected chi connectivity index (χ0v) is 11.1. The zero-order chi connectivity index (χ0) is 11.8. The van der Waals surface area contributed by atoms with Gasteiger partial charge in [0.25, 0.3) is 0 Å². The van der Waals surface area contributed by atoms with Crippen LogP contribution in [0.4, 0.5) is 4.39 Å². The molecule has 17 heavy (non-hydrogen) atoms. The molecule has 3 rings (SSSR count). The Hall–Kier alpha value is -0.670. The molecule has 3 atom stereocenters. The summed E-state index contributed by atoms with van der Waals surface area (Å²) >= 11 is 3.46. The van der Waals surface area contributed by atoms with Gasteiger partial charge in [0, 0.05) is 17.1 Å². The summed E-state index contributed by atoms with van der Waals surface area (Å²) in [4.78, 5) is 0. The van der Waals surface area contributed by atoms with Crippen LogP contribution in [0.25, 0.3) is 0 Å². The van der Waals surface area contributed by atoms with Crippen LogP contribution >= 0.6 is 15.9 Å². The highest BCUT2D eigenvalue weighted by Crippen LogP contribution is 2.42. The fraction of sp³-hybridized carbons (Fsp3) is 0.429. The molecule has 1 aromatic rings. The second-order valence-corrected chi connectivity index (χ2v) is 5.81. The predicted molar refractivity (Wildman–Crippen MR) is 70.1 cm³/mol. The predicted octanol–water partition coefficient (Wildman–Crippen LogP) is 3.64. The third-order valence-corrected chi connectivity index (χ3v) is 4.70. The Morgan fingerprint density at radius 3 is 3.12 bits per heavy atom. The molecule has 0 aliphatic heterocycles. The maximum absolute atomic E-state index is 13.1. The summed E-state index contributed by atoms with van der Waals surface area (Å²) in [7, 11) is 0. The van der Waals surface area contributed by atoms with Gasteiger partial charge in [-0.15, -0.1) is 0 Å². The molecule has 1 saturated carbocycles. The maximum atomic E-state index is 13.1. The number of benzene rings is 1. The number of halogens is 2. The highest BCUT2D eigenvalue weighted by Gasteiger charge is 2.40. The monoisotopic (exact) mass is 295 g/mol. The molecule has 2 aliphatic rings. The molecular weight excluding hydrogens is 281 g/mol. The molecule has 90 valence electrons. The molecule has 1 aromatic carbocycles. The maximum Gasteiger partial charge on any atom is 0.123 e. The van der Waals surface area contributed by atoms with Gasteiger partial charge in [-0.25, -0.2) is 4.39 Å². The molecule has 1 nitrogen and oxygen atoms in total. The number of nitrogens with one attached hydrogen (secondary N) is 1. The van der Waals surface area contributed by atoms with E-state index >= 15 is 0 Å². The van der Waals surface area contributed by atoms with Crippen molar-refractivity contribution < 1.29 is 4.39 Å². The second kappa shape index (κ2) is 4.54. The fourth-order valence-corrected chi connectivity index (χ4v) is 3.25. The summed E-state index contributed by atoms with van der Waals surface area (Å²) in [6.45, 7) is 0.736. The minimum Gasteiger partial charge on any atom is -0.309 e. The van der Waals surface area contributed by atoms with E-state index < -0.39 is 0 Å². The van der Waals surface area contributed by atoms with Gasteiger partial charge in [0.05, 0.1) is 0 Å². The molecule has 2 aliphatic carbocycles. The molecule has 3 unspecified atom stereocenters. The summed E-state index contributed by atoms with van der Waals surface area (Å²) in [5, 5.41) is 3.53. The first-order chi connectivity index (χ1) is 8.24. The van der Waals surface area contributed by atoms with Gasteiger partial charge in [-0.1, -0.05) is 28.1 Å². The quantitative estimate of drug-likeness (QED) is 0.840. The number of hydrogen-bond acceptors (Lipinski definition) is 1. The van der Waals surface area contributed by atoms with E-state index in [2.05, 4.69) is 33.4 Å². The largest absolute Gasteiger partial charge is 0.309 e. The van der Waals surface area contributed by atoms with Gasteiger partial charge in [0.2, 0.25) is 0 Å². The Bertz CT molecular complexity index is 458. The SMILES string of the molecule is Fc1ccc(Br)c(CNC2CC3CC=CC32)c1. The van der Waals surface area contributed by atoms with E-state index in [0.717, 1.165) is 22.5 Å². The number of hydrogen-bond donors (Lipinski definition) is 1. The van der Waals surface area contributed by atoms with Crippen molar-refractivity contribution in [3.05, 3.63) is 46.2 Å². The normalized spacial score (nSPS) is 30.1. The fourth-order valence-electron chi connectivity index (χ4n) is 2.87. The number of rotatable bonds is 3. The highest BCUT2D eigenvalue weighted by molar-refractivity contribution is 9.10. The van der Waals surface area contributed by atoms with E-state index in [1.807, 2.05) is 0 Å². The van der Waals surface area contributed by atoms with Crippen LogP contribution in [-0.2, 0) is 6.54 Å². The van der Waals surface area contributed by atoms with Gasteiger partial charge < -0.3 is 5.32 Å². The van der Waals surface area contributed by atoms with Crippen LogP contribution in [0.2, 0.25) is 0 Å². The van der Waals surface area contributed by atoms with Gasteiger partial charge in [-0.2, -0.15) is 0 Å². The van der Waals surface area contributed by atoms with E-state index in [4.69, 9.17) is 0 Å². The second-order valence-electron chi connectivity index (χ2n) is 4.96. The lowest BCUT2D eigenvalue weighted by Crippen LogP contribution is -2.47. The van der Waals surface area contributed by atoms with Gasteiger partial charge in [-0.05, 0) is 48.4 Å². The average Bonchev–Trinajstić information content (AvgIpc) is 2.65. The minimum absolute atomic E-state index is 0.169. The van der Waals surface area contributed by atoms with Crippen molar-refractivity contribution in [2.75, 3.05) is 0 Å². The van der Waals surface area contributed by atoms with E-state index in [1.165, 1.54) is 18.9 Å². The van der Waals surface area contributed by atoms with Crippen molar-refractivity contribution in [1.29, 1.82) is 0 Å². The molecule has 0 bridgehead atoms. The first-order valence-electron chi connectivity index (χ1n) is 6.08. The van der Waals surface area contributed by atoms with Gasteiger partial charge in [0.1, 0.15) is 5.82 Å². The standard InChI is InChI=1S/C14H15BrFN/c15-13-5-4-11(16)6-10(13)8-17-14-7-9-2-1-3-12(9)14/h1,3-6,9,12,14,17H,2,7-8H2. The lowest BCUT2D eigenvalue weighted by molar-refractivity contribution is 0.162. The molecule has 1 N–H and O–H groups in total. The van der Waals surface area contributed by atoms with E-state index in [1.54, 1.807) is 12.1 Å². The first-order valence-corrected chi connectivity index (χ1v) is 6.87. The van der Waals surface area contributed by atoms with E-state index in [9.17, 15) is 4.39 Å². The minimum atomic E-state index is -0.169. The van der Waals surface area contributed by atoms with Crippen LogP contribution in [-0.4, -0.2) is 6.04 Å². The summed E-state index contributed by atoms with van der Waals surface area (Å²) in [6, 6.07) is 5.42. The zero-order valence-electron chi connectivity index (χ0n) is 9.50. The van der Waals surface area contributed by atoms with Crippen molar-refractivity contribution in [3.8, 4) is 0 Å². The van der Waals surface area contributed by atoms with Crippen LogP contribution in [0.5, 0.6) is 0 Å². The van der Waals surface area contributed by atoms with Crippen LogP contribution in [0.15, 0.2) is 34.8 Å². The smallest absolute Gasteiger partial charge is 0.123 e. The molecule has 0 amide bonds. The van der Waals surface area contributed by atoms with Crippen molar-refractivity contribution in [2.24, 2.45) is 11.8 Å². The molecule has 0 saturated heterocycles. The van der Waals surface area contributed by atoms with Gasteiger partial charge >= 0.3 is 0 Å². The summed E-state index contributed by atoms with van der Waals surface area (Å²) in [6.07, 6.45) is 7.11. The highest BCUT2D eigenvalue weighted by atomic mass is 79.9. The van der Waals surface area contributed by atoms with Crippen molar-refractivity contribution in [2.45, 2.75) is 25.4 Å². The first kappa shape index (κ1) is 11.4. The number of allylic oxidation sites excluding steroid dienone is 1. The molecule has 0 heterocycles. The lowest BCUT2D eigenvalue weighted by atomic mass is 9.71. The topological polar surface area (TPSA) is 12.0 Å². The Labute approximate surface area is 109 Å². The third kappa shape index (κ3) is 2.18. The lowest BCUT2D eigenvalue weighted by Gasteiger charge is -2.40. The van der Waals surface area contributed by atoms with Crippen LogP contribution in [0.3, 0.4) is 0 Å². The van der Waals surface area contributed by atoms with Crippen LogP contribution < -0.4 is 5.32 Å². The Kier molecular flexibility index (Phi) is 3.05. The summed E-state index contributed by atoms with van der Waals surface area (Å²) in [5.74, 6) is 1.41. The van der Waals surface area contributed by atoms with E-state index in [-0.39, 0.29) is 5.82 Å². The van der Waals surface area contributed by atoms with Crippen LogP contribution in [0.1, 0.15) is 18.4 Å². The van der Waals surface area contributed by atoms with Gasteiger partial charge in [0.15, 0.2) is 0 Å². The molecular formula is C14H15BrFN. The van der Waals surface area contributed by atoms with Gasteiger partial charge in [-0.3, -0.25) is 0 Å². The Morgan fingerprint density at radius 2 is 2.29 bits per heavy atom. The Balaban J connectivity index is 1.61. The third-order valence-electron chi connectivity index (χ3n) is 3.93. The van der Waals surface area contributed by atoms with Crippen molar-refractivity contribution in [1.82, 2.24) is 5.32 Å². The number of fused-ring (bicyclic) bond motifs is 1.